The first-order valence-electron chi connectivity index (χ1n) is 20.0. The standard InChI is InChI=1S/C56H36N2/c1-2-14-47(15-3-1)58-53-17-9-8-16-49(53)50-29-24-46(36-56(50)58)39-22-27-48(28-23-39)57-54-30-25-44(42-20-18-37-10-4-6-12-40(37)32-42)34-51(54)52-35-45(26-31-55(52)57)43-21-19-38-11-5-7-13-41(38)33-43/h1-36H. The molecule has 58 heavy (non-hydrogen) atoms. The number of benzene rings is 10. The summed E-state index contributed by atoms with van der Waals surface area (Å²) in [5, 5.41) is 10.0. The molecule has 0 amide bonds. The van der Waals surface area contributed by atoms with Crippen LogP contribution in [0.3, 0.4) is 0 Å². The number of fused-ring (bicyclic) bond motifs is 8. The summed E-state index contributed by atoms with van der Waals surface area (Å²) in [4.78, 5) is 0. The Kier molecular flexibility index (Phi) is 7.26. The van der Waals surface area contributed by atoms with Crippen LogP contribution in [-0.2, 0) is 0 Å². The summed E-state index contributed by atoms with van der Waals surface area (Å²) in [5.41, 5.74) is 14.4. The molecule has 2 aromatic heterocycles. The third-order valence-electron chi connectivity index (χ3n) is 12.1. The summed E-state index contributed by atoms with van der Waals surface area (Å²) >= 11 is 0. The van der Waals surface area contributed by atoms with E-state index in [2.05, 4.69) is 228 Å². The van der Waals surface area contributed by atoms with Gasteiger partial charge in [0.1, 0.15) is 0 Å². The molecule has 0 atom stereocenters. The predicted octanol–water partition coefficient (Wildman–Crippen LogP) is 15.2. The van der Waals surface area contributed by atoms with E-state index in [0.717, 1.165) is 5.69 Å². The van der Waals surface area contributed by atoms with Gasteiger partial charge in [-0.15, -0.1) is 0 Å². The van der Waals surface area contributed by atoms with Crippen LogP contribution in [0.1, 0.15) is 0 Å². The first kappa shape index (κ1) is 32.6. The summed E-state index contributed by atoms with van der Waals surface area (Å²) < 4.78 is 4.82. The molecule has 270 valence electrons. The van der Waals surface area contributed by atoms with Crippen LogP contribution in [0.2, 0.25) is 0 Å². The molecule has 0 fully saturated rings. The second-order valence-electron chi connectivity index (χ2n) is 15.4. The van der Waals surface area contributed by atoms with Gasteiger partial charge in [-0.3, -0.25) is 0 Å². The van der Waals surface area contributed by atoms with Gasteiger partial charge >= 0.3 is 0 Å². The zero-order chi connectivity index (χ0) is 38.2. The Morgan fingerprint density at radius 2 is 0.621 bits per heavy atom. The highest BCUT2D eigenvalue weighted by Crippen LogP contribution is 2.39. The molecule has 0 saturated carbocycles. The van der Waals surface area contributed by atoms with Gasteiger partial charge in [0, 0.05) is 32.9 Å². The minimum absolute atomic E-state index is 1.14. The Labute approximate surface area is 336 Å². The van der Waals surface area contributed by atoms with Gasteiger partial charge in [-0.2, -0.15) is 0 Å². The molecular weight excluding hydrogens is 701 g/mol. The molecule has 0 bridgehead atoms. The van der Waals surface area contributed by atoms with Crippen molar-refractivity contribution >= 4 is 65.2 Å². The number of nitrogens with zero attached hydrogens (tertiary/aromatic N) is 2. The number of hydrogen-bond donors (Lipinski definition) is 0. The number of para-hydroxylation sites is 2. The van der Waals surface area contributed by atoms with Crippen LogP contribution < -0.4 is 0 Å². The molecule has 0 aliphatic carbocycles. The summed E-state index contributed by atoms with van der Waals surface area (Å²) in [6.45, 7) is 0. The van der Waals surface area contributed by atoms with Crippen molar-refractivity contribution in [2.24, 2.45) is 0 Å². The van der Waals surface area contributed by atoms with Crippen molar-refractivity contribution in [3.8, 4) is 44.8 Å². The Morgan fingerprint density at radius 3 is 1.26 bits per heavy atom. The fourth-order valence-corrected chi connectivity index (χ4v) is 9.21. The van der Waals surface area contributed by atoms with Crippen molar-refractivity contribution in [2.45, 2.75) is 0 Å². The molecule has 0 N–H and O–H groups in total. The van der Waals surface area contributed by atoms with Crippen molar-refractivity contribution < 1.29 is 0 Å². The van der Waals surface area contributed by atoms with E-state index in [1.807, 2.05) is 0 Å². The van der Waals surface area contributed by atoms with Crippen LogP contribution in [0.25, 0.3) is 110 Å². The lowest BCUT2D eigenvalue weighted by molar-refractivity contribution is 1.18. The lowest BCUT2D eigenvalue weighted by Crippen LogP contribution is -1.94. The monoisotopic (exact) mass is 736 g/mol. The second kappa shape index (κ2) is 12.9. The average molecular weight is 737 g/mol. The zero-order valence-corrected chi connectivity index (χ0v) is 31.7. The van der Waals surface area contributed by atoms with Crippen molar-refractivity contribution in [3.05, 3.63) is 218 Å². The van der Waals surface area contributed by atoms with E-state index < -0.39 is 0 Å². The Morgan fingerprint density at radius 1 is 0.207 bits per heavy atom. The van der Waals surface area contributed by atoms with Gasteiger partial charge in [0.2, 0.25) is 0 Å². The third kappa shape index (κ3) is 5.19. The first-order chi connectivity index (χ1) is 28.7. The van der Waals surface area contributed by atoms with Gasteiger partial charge in [0.25, 0.3) is 0 Å². The van der Waals surface area contributed by atoms with Crippen LogP contribution in [0.4, 0.5) is 0 Å². The molecule has 0 spiro atoms. The van der Waals surface area contributed by atoms with Crippen molar-refractivity contribution in [2.75, 3.05) is 0 Å². The van der Waals surface area contributed by atoms with Crippen LogP contribution in [0, 0.1) is 0 Å². The summed E-state index contributed by atoms with van der Waals surface area (Å²) in [5.74, 6) is 0. The first-order valence-corrected chi connectivity index (χ1v) is 20.0. The molecule has 12 rings (SSSR count). The van der Waals surface area contributed by atoms with E-state index in [-0.39, 0.29) is 0 Å². The summed E-state index contributed by atoms with van der Waals surface area (Å²) in [6, 6.07) is 80.1. The van der Waals surface area contributed by atoms with Gasteiger partial charge < -0.3 is 9.13 Å². The maximum Gasteiger partial charge on any atom is 0.0547 e. The molecule has 0 aliphatic heterocycles. The normalized spacial score (nSPS) is 11.8. The van der Waals surface area contributed by atoms with Crippen LogP contribution in [-0.4, -0.2) is 9.13 Å². The van der Waals surface area contributed by atoms with Gasteiger partial charge in [-0.25, -0.2) is 0 Å². The Balaban J connectivity index is 1.01. The van der Waals surface area contributed by atoms with Crippen molar-refractivity contribution in [1.82, 2.24) is 9.13 Å². The molecule has 2 heteroatoms. The maximum atomic E-state index is 2.43. The molecular formula is C56H36N2. The van der Waals surface area contributed by atoms with Crippen LogP contribution in [0.5, 0.6) is 0 Å². The third-order valence-corrected chi connectivity index (χ3v) is 12.1. The van der Waals surface area contributed by atoms with Crippen molar-refractivity contribution in [1.29, 1.82) is 0 Å². The maximum absolute atomic E-state index is 2.43. The van der Waals surface area contributed by atoms with Gasteiger partial charge in [0.05, 0.1) is 22.1 Å². The molecule has 0 radical (unpaired) electrons. The fourth-order valence-electron chi connectivity index (χ4n) is 9.21. The highest BCUT2D eigenvalue weighted by Gasteiger charge is 2.17. The van der Waals surface area contributed by atoms with Gasteiger partial charge in [-0.1, -0.05) is 146 Å². The van der Waals surface area contributed by atoms with Crippen molar-refractivity contribution in [3.63, 3.8) is 0 Å². The largest absolute Gasteiger partial charge is 0.309 e. The van der Waals surface area contributed by atoms with E-state index in [0.29, 0.717) is 0 Å². The number of rotatable bonds is 5. The highest BCUT2D eigenvalue weighted by molar-refractivity contribution is 6.12. The summed E-state index contributed by atoms with van der Waals surface area (Å²) in [7, 11) is 0. The quantitative estimate of drug-likeness (QED) is 0.167. The molecule has 0 unspecified atom stereocenters. The zero-order valence-electron chi connectivity index (χ0n) is 31.7. The number of hydrogen-bond acceptors (Lipinski definition) is 0. The molecule has 12 aromatic rings. The molecule has 0 saturated heterocycles. The second-order valence-corrected chi connectivity index (χ2v) is 15.4. The molecule has 2 nitrogen and oxygen atoms in total. The van der Waals surface area contributed by atoms with E-state index in [9.17, 15) is 0 Å². The lowest BCUT2D eigenvalue weighted by atomic mass is 9.98. The van der Waals surface area contributed by atoms with Crippen LogP contribution in [0.15, 0.2) is 218 Å². The smallest absolute Gasteiger partial charge is 0.0547 e. The summed E-state index contributed by atoms with van der Waals surface area (Å²) in [6.07, 6.45) is 0. The Bertz CT molecular complexity index is 3410. The van der Waals surface area contributed by atoms with Crippen LogP contribution >= 0.6 is 0 Å². The highest BCUT2D eigenvalue weighted by atomic mass is 15.0. The SMILES string of the molecule is c1ccc(-n2c3ccccc3c3ccc(-c4ccc(-n5c6ccc(-c7ccc8ccccc8c7)cc6c6cc(-c7ccc8ccccc8c7)ccc65)cc4)cc32)cc1. The van der Waals surface area contributed by atoms with E-state index in [4.69, 9.17) is 0 Å². The minimum atomic E-state index is 1.14. The topological polar surface area (TPSA) is 9.86 Å². The average Bonchev–Trinajstić information content (AvgIpc) is 3.80. The van der Waals surface area contributed by atoms with E-state index in [1.54, 1.807) is 0 Å². The van der Waals surface area contributed by atoms with Gasteiger partial charge in [-0.05, 0) is 128 Å². The molecule has 0 aliphatic rings. The minimum Gasteiger partial charge on any atom is -0.309 e. The van der Waals surface area contributed by atoms with E-state index in [1.165, 1.54) is 104 Å². The predicted molar refractivity (Wildman–Crippen MR) is 246 cm³/mol. The van der Waals surface area contributed by atoms with E-state index >= 15 is 0 Å². The molecule has 10 aromatic carbocycles. The fraction of sp³-hybridized carbons (Fsp3) is 0. The van der Waals surface area contributed by atoms with Gasteiger partial charge in [0.15, 0.2) is 0 Å². The Hall–Kier alpha value is -7.68. The lowest BCUT2D eigenvalue weighted by Gasteiger charge is -2.11. The molecule has 2 heterocycles. The number of aromatic nitrogens is 2.